The Balaban J connectivity index is 1.16. The molecule has 1 saturated heterocycles. The van der Waals surface area contributed by atoms with Crippen LogP contribution >= 0.6 is 0 Å². The number of benzene rings is 1. The normalized spacial score (nSPS) is 20.5. The Labute approximate surface area is 162 Å². The van der Waals surface area contributed by atoms with Gasteiger partial charge in [0.2, 0.25) is 0 Å². The number of nitrogens with one attached hydrogen (secondary N) is 2. The second-order valence-corrected chi connectivity index (χ2v) is 7.71. The highest BCUT2D eigenvalue weighted by molar-refractivity contribution is 5.95. The first-order chi connectivity index (χ1) is 13.6. The van der Waals surface area contributed by atoms with E-state index >= 15 is 0 Å². The van der Waals surface area contributed by atoms with E-state index in [2.05, 4.69) is 32.8 Å². The molecule has 0 bridgehead atoms. The first-order valence-corrected chi connectivity index (χ1v) is 9.60. The molecule has 2 N–H and O–H groups in total. The Morgan fingerprint density at radius 3 is 2.96 bits per heavy atom. The molecular formula is C19H22N6O3. The predicted octanol–water partition coefficient (Wildman–Crippen LogP) is 1.12. The summed E-state index contributed by atoms with van der Waals surface area (Å²) in [5, 5.41) is 13.9. The van der Waals surface area contributed by atoms with Crippen LogP contribution in [0.4, 0.5) is 5.69 Å². The fraction of sp³-hybridized carbons (Fsp3) is 0.474. The molecule has 0 spiro atoms. The molecule has 146 valence electrons. The number of likely N-dealkylation sites (tertiary alicyclic amines) is 1. The Morgan fingerprint density at radius 1 is 1.36 bits per heavy atom. The number of carbonyl (C=O) groups is 2. The van der Waals surface area contributed by atoms with Gasteiger partial charge in [0.1, 0.15) is 5.75 Å². The third-order valence-electron chi connectivity index (χ3n) is 5.58. The molecule has 2 amide bonds. The smallest absolute Gasteiger partial charge is 0.273 e. The Bertz CT molecular complexity index is 932. The first-order valence-electron chi connectivity index (χ1n) is 9.60. The standard InChI is InChI=1S/C19H22N6O3/c1-11(12-2-5-17-15(6-12)21-18(26)10-28-17)24-7-13(8-24)20-19(27)16-9-25(23-22-16)14-3-4-14/h2,5-6,9,11,13-14H,3-4,7-8,10H2,1H3,(H,20,27)(H,21,26). The van der Waals surface area contributed by atoms with Crippen molar-refractivity contribution in [1.82, 2.24) is 25.2 Å². The third kappa shape index (κ3) is 3.22. The summed E-state index contributed by atoms with van der Waals surface area (Å²) in [6.45, 7) is 3.71. The highest BCUT2D eigenvalue weighted by Crippen LogP contribution is 2.34. The van der Waals surface area contributed by atoms with Crippen molar-refractivity contribution in [1.29, 1.82) is 0 Å². The number of aromatic nitrogens is 3. The molecule has 2 aromatic rings. The van der Waals surface area contributed by atoms with E-state index in [0.29, 0.717) is 23.2 Å². The van der Waals surface area contributed by atoms with Crippen molar-refractivity contribution in [3.05, 3.63) is 35.7 Å². The van der Waals surface area contributed by atoms with Crippen LogP contribution in [0.1, 0.15) is 47.9 Å². The molecule has 9 heteroatoms. The predicted molar refractivity (Wildman–Crippen MR) is 100 cm³/mol. The van der Waals surface area contributed by atoms with Crippen LogP contribution in [0.3, 0.4) is 0 Å². The Hall–Kier alpha value is -2.94. The van der Waals surface area contributed by atoms with Crippen molar-refractivity contribution in [2.45, 2.75) is 37.9 Å². The molecule has 3 heterocycles. The van der Waals surface area contributed by atoms with Gasteiger partial charge < -0.3 is 15.4 Å². The lowest BCUT2D eigenvalue weighted by Crippen LogP contribution is -2.59. The largest absolute Gasteiger partial charge is 0.482 e. The highest BCUT2D eigenvalue weighted by Gasteiger charge is 2.33. The molecule has 2 fully saturated rings. The lowest BCUT2D eigenvalue weighted by Gasteiger charge is -2.43. The number of fused-ring (bicyclic) bond motifs is 1. The molecule has 5 rings (SSSR count). The molecule has 3 aliphatic rings. The molecule has 1 aromatic heterocycles. The molecule has 1 saturated carbocycles. The van der Waals surface area contributed by atoms with Crippen LogP contribution in [-0.4, -0.2) is 57.4 Å². The summed E-state index contributed by atoms with van der Waals surface area (Å²) in [4.78, 5) is 26.1. The van der Waals surface area contributed by atoms with Gasteiger partial charge in [0.05, 0.1) is 24.0 Å². The topological polar surface area (TPSA) is 101 Å². The fourth-order valence-electron chi connectivity index (χ4n) is 3.65. The zero-order valence-corrected chi connectivity index (χ0v) is 15.6. The van der Waals surface area contributed by atoms with Crippen molar-refractivity contribution in [3.63, 3.8) is 0 Å². The molecule has 0 radical (unpaired) electrons. The van der Waals surface area contributed by atoms with E-state index in [1.54, 1.807) is 10.9 Å². The van der Waals surface area contributed by atoms with Crippen LogP contribution in [-0.2, 0) is 4.79 Å². The minimum Gasteiger partial charge on any atom is -0.482 e. The van der Waals surface area contributed by atoms with E-state index in [0.717, 1.165) is 31.5 Å². The van der Waals surface area contributed by atoms with Gasteiger partial charge in [-0.15, -0.1) is 5.10 Å². The number of hydrogen-bond donors (Lipinski definition) is 2. The van der Waals surface area contributed by atoms with Crippen LogP contribution in [0.2, 0.25) is 0 Å². The van der Waals surface area contributed by atoms with Crippen LogP contribution in [0.15, 0.2) is 24.4 Å². The lowest BCUT2D eigenvalue weighted by atomic mass is 9.99. The quantitative estimate of drug-likeness (QED) is 0.804. The average molecular weight is 382 g/mol. The van der Waals surface area contributed by atoms with E-state index in [1.807, 2.05) is 18.2 Å². The minimum absolute atomic E-state index is 0.0593. The fourth-order valence-corrected chi connectivity index (χ4v) is 3.65. The molecule has 1 atom stereocenters. The summed E-state index contributed by atoms with van der Waals surface area (Å²) >= 11 is 0. The molecular weight excluding hydrogens is 360 g/mol. The number of nitrogens with zero attached hydrogens (tertiary/aromatic N) is 4. The van der Waals surface area contributed by atoms with Gasteiger partial charge in [0, 0.05) is 19.1 Å². The van der Waals surface area contributed by atoms with E-state index in [4.69, 9.17) is 4.74 Å². The van der Waals surface area contributed by atoms with Crippen LogP contribution < -0.4 is 15.4 Å². The first kappa shape index (κ1) is 17.2. The number of anilines is 1. The summed E-state index contributed by atoms with van der Waals surface area (Å²) in [7, 11) is 0. The lowest BCUT2D eigenvalue weighted by molar-refractivity contribution is -0.118. The highest BCUT2D eigenvalue weighted by atomic mass is 16.5. The van der Waals surface area contributed by atoms with Gasteiger partial charge >= 0.3 is 0 Å². The zero-order valence-electron chi connectivity index (χ0n) is 15.6. The summed E-state index contributed by atoms with van der Waals surface area (Å²) in [5.74, 6) is 0.393. The van der Waals surface area contributed by atoms with Crippen molar-refractivity contribution < 1.29 is 14.3 Å². The monoisotopic (exact) mass is 382 g/mol. The van der Waals surface area contributed by atoms with Gasteiger partial charge in [-0.1, -0.05) is 11.3 Å². The van der Waals surface area contributed by atoms with E-state index in [-0.39, 0.29) is 30.5 Å². The molecule has 1 aliphatic carbocycles. The average Bonchev–Trinajstić information content (AvgIpc) is 3.39. The van der Waals surface area contributed by atoms with E-state index < -0.39 is 0 Å². The second kappa shape index (κ2) is 6.59. The number of ether oxygens (including phenoxy) is 1. The van der Waals surface area contributed by atoms with Crippen molar-refractivity contribution in [2.24, 2.45) is 0 Å². The number of rotatable bonds is 5. The molecule has 1 aromatic carbocycles. The van der Waals surface area contributed by atoms with E-state index in [9.17, 15) is 9.59 Å². The second-order valence-electron chi connectivity index (χ2n) is 7.71. The van der Waals surface area contributed by atoms with Crippen molar-refractivity contribution in [3.8, 4) is 5.75 Å². The molecule has 28 heavy (non-hydrogen) atoms. The number of hydrogen-bond acceptors (Lipinski definition) is 6. The van der Waals surface area contributed by atoms with Crippen LogP contribution in [0, 0.1) is 0 Å². The van der Waals surface area contributed by atoms with Crippen LogP contribution in [0.25, 0.3) is 0 Å². The maximum absolute atomic E-state index is 12.3. The Morgan fingerprint density at radius 2 is 2.18 bits per heavy atom. The number of carbonyl (C=O) groups excluding carboxylic acids is 2. The summed E-state index contributed by atoms with van der Waals surface area (Å²) in [5.41, 5.74) is 2.19. The van der Waals surface area contributed by atoms with Gasteiger partial charge in [-0.25, -0.2) is 4.68 Å². The summed E-state index contributed by atoms with van der Waals surface area (Å²) in [6, 6.07) is 6.56. The van der Waals surface area contributed by atoms with Gasteiger partial charge in [0.15, 0.2) is 12.3 Å². The van der Waals surface area contributed by atoms with E-state index in [1.165, 1.54) is 0 Å². The van der Waals surface area contributed by atoms with Crippen molar-refractivity contribution >= 4 is 17.5 Å². The third-order valence-corrected chi connectivity index (χ3v) is 5.58. The molecule has 2 aliphatic heterocycles. The Kier molecular flexibility index (Phi) is 4.04. The maximum Gasteiger partial charge on any atom is 0.273 e. The van der Waals surface area contributed by atoms with Gasteiger partial charge in [-0.05, 0) is 37.5 Å². The summed E-state index contributed by atoms with van der Waals surface area (Å²) in [6.07, 6.45) is 3.95. The minimum atomic E-state index is -0.169. The summed E-state index contributed by atoms with van der Waals surface area (Å²) < 4.78 is 7.19. The van der Waals surface area contributed by atoms with Crippen molar-refractivity contribution in [2.75, 3.05) is 25.0 Å². The number of amides is 2. The van der Waals surface area contributed by atoms with Gasteiger partial charge in [-0.3, -0.25) is 14.5 Å². The molecule has 1 unspecified atom stereocenters. The van der Waals surface area contributed by atoms with Gasteiger partial charge in [0.25, 0.3) is 11.8 Å². The zero-order chi connectivity index (χ0) is 19.3. The maximum atomic E-state index is 12.3. The molecule has 9 nitrogen and oxygen atoms in total. The van der Waals surface area contributed by atoms with Gasteiger partial charge in [-0.2, -0.15) is 0 Å². The SMILES string of the molecule is CC(c1ccc2c(c1)NC(=O)CO2)N1CC(NC(=O)c2cn(C3CC3)nn2)C1. The van der Waals surface area contributed by atoms with Crippen LogP contribution in [0.5, 0.6) is 5.75 Å².